The summed E-state index contributed by atoms with van der Waals surface area (Å²) in [4.78, 5) is 2.28. The number of nitrogens with one attached hydrogen (secondary N) is 1. The molecule has 1 aromatic carbocycles. The van der Waals surface area contributed by atoms with Gasteiger partial charge in [0.1, 0.15) is 0 Å². The van der Waals surface area contributed by atoms with Crippen molar-refractivity contribution in [3.05, 3.63) is 48.6 Å². The molecule has 1 heterocycles. The Bertz CT molecular complexity index is 689. The maximum atomic E-state index is 12.5. The number of ether oxygens (including phenoxy) is 1. The van der Waals surface area contributed by atoms with Gasteiger partial charge in [-0.15, -0.1) is 6.58 Å². The molecule has 0 aliphatic carbocycles. The fraction of sp³-hybridized carbons (Fsp3) is 0.652. The summed E-state index contributed by atoms with van der Waals surface area (Å²) in [6.07, 6.45) is 9.03. The summed E-state index contributed by atoms with van der Waals surface area (Å²) in [6, 6.07) is 9.93. The SMILES string of the molecule is C=CCN(C)CCCCCCOC1CCN(S(=O)(=O)NCCc2ccccc2)CC1. The molecule has 0 spiro atoms. The lowest BCUT2D eigenvalue weighted by atomic mass is 10.1. The van der Waals surface area contributed by atoms with Crippen LogP contribution >= 0.6 is 0 Å². The summed E-state index contributed by atoms with van der Waals surface area (Å²) in [5.41, 5.74) is 1.14. The average Bonchev–Trinajstić information content (AvgIpc) is 2.74. The Morgan fingerprint density at radius 1 is 1.17 bits per heavy atom. The van der Waals surface area contributed by atoms with Gasteiger partial charge in [-0.2, -0.15) is 12.7 Å². The number of likely N-dealkylation sites (N-methyl/N-ethyl adjacent to an activating group) is 1. The zero-order valence-corrected chi connectivity index (χ0v) is 19.3. The summed E-state index contributed by atoms with van der Waals surface area (Å²) >= 11 is 0. The molecular weight excluding hydrogens is 398 g/mol. The van der Waals surface area contributed by atoms with E-state index in [9.17, 15) is 8.42 Å². The van der Waals surface area contributed by atoms with Crippen molar-refractivity contribution in [1.82, 2.24) is 13.9 Å². The van der Waals surface area contributed by atoms with Gasteiger partial charge in [0.15, 0.2) is 0 Å². The van der Waals surface area contributed by atoms with Crippen LogP contribution in [-0.4, -0.2) is 70.1 Å². The van der Waals surface area contributed by atoms with Crippen molar-refractivity contribution in [3.63, 3.8) is 0 Å². The molecule has 0 aromatic heterocycles. The highest BCUT2D eigenvalue weighted by Gasteiger charge is 2.27. The minimum Gasteiger partial charge on any atom is -0.378 e. The second kappa shape index (κ2) is 13.9. The molecule has 1 fully saturated rings. The van der Waals surface area contributed by atoms with Crippen LogP contribution in [0.4, 0.5) is 0 Å². The van der Waals surface area contributed by atoms with Crippen molar-refractivity contribution in [2.24, 2.45) is 0 Å². The minimum absolute atomic E-state index is 0.180. The average molecular weight is 438 g/mol. The number of hydrogen-bond donors (Lipinski definition) is 1. The van der Waals surface area contributed by atoms with Crippen LogP contribution in [-0.2, 0) is 21.4 Å². The first kappa shape index (κ1) is 25.0. The van der Waals surface area contributed by atoms with Gasteiger partial charge in [-0.3, -0.25) is 0 Å². The van der Waals surface area contributed by atoms with E-state index >= 15 is 0 Å². The zero-order chi connectivity index (χ0) is 21.7. The zero-order valence-electron chi connectivity index (χ0n) is 18.5. The first-order chi connectivity index (χ1) is 14.5. The topological polar surface area (TPSA) is 61.9 Å². The molecule has 1 aliphatic rings. The quantitative estimate of drug-likeness (QED) is 0.338. The Hall–Kier alpha value is -1.25. The standard InChI is InChI=1S/C23H39N3O3S/c1-3-17-25(2)18-9-4-5-10-21-29-23-14-19-26(20-15-23)30(27,28)24-16-13-22-11-7-6-8-12-22/h3,6-8,11-12,23-24H,1,4-5,9-10,13-21H2,2H3. The van der Waals surface area contributed by atoms with Crippen LogP contribution in [0, 0.1) is 0 Å². The van der Waals surface area contributed by atoms with Gasteiger partial charge in [0.05, 0.1) is 6.10 Å². The van der Waals surface area contributed by atoms with Gasteiger partial charge in [0, 0.05) is 32.8 Å². The molecule has 1 aromatic rings. The van der Waals surface area contributed by atoms with E-state index < -0.39 is 10.2 Å². The van der Waals surface area contributed by atoms with Gasteiger partial charge in [0.2, 0.25) is 0 Å². The molecule has 6 nitrogen and oxygen atoms in total. The highest BCUT2D eigenvalue weighted by atomic mass is 32.2. The largest absolute Gasteiger partial charge is 0.378 e. The van der Waals surface area contributed by atoms with Gasteiger partial charge in [-0.1, -0.05) is 49.2 Å². The van der Waals surface area contributed by atoms with Crippen LogP contribution in [0.25, 0.3) is 0 Å². The highest BCUT2D eigenvalue weighted by Crippen LogP contribution is 2.17. The van der Waals surface area contributed by atoms with E-state index in [1.165, 1.54) is 19.3 Å². The van der Waals surface area contributed by atoms with Crippen LogP contribution < -0.4 is 4.72 Å². The molecule has 0 atom stereocenters. The molecule has 1 aliphatic heterocycles. The summed E-state index contributed by atoms with van der Waals surface area (Å²) < 4.78 is 35.3. The van der Waals surface area contributed by atoms with Gasteiger partial charge < -0.3 is 9.64 Å². The third kappa shape index (κ3) is 9.71. The summed E-state index contributed by atoms with van der Waals surface area (Å²) in [5, 5.41) is 0. The molecule has 7 heteroatoms. The lowest BCUT2D eigenvalue weighted by Crippen LogP contribution is -2.46. The molecule has 0 radical (unpaired) electrons. The second-order valence-electron chi connectivity index (χ2n) is 8.07. The smallest absolute Gasteiger partial charge is 0.279 e. The van der Waals surface area contributed by atoms with Crippen molar-refractivity contribution in [2.45, 2.75) is 51.0 Å². The molecule has 30 heavy (non-hydrogen) atoms. The van der Waals surface area contributed by atoms with E-state index in [0.717, 1.165) is 44.5 Å². The van der Waals surface area contributed by atoms with Gasteiger partial charge in [-0.25, -0.2) is 4.72 Å². The molecule has 1 saturated heterocycles. The summed E-state index contributed by atoms with van der Waals surface area (Å²) in [5.74, 6) is 0. The molecule has 1 N–H and O–H groups in total. The van der Waals surface area contributed by atoms with E-state index in [-0.39, 0.29) is 6.10 Å². The Morgan fingerprint density at radius 2 is 1.87 bits per heavy atom. The first-order valence-electron chi connectivity index (χ1n) is 11.2. The van der Waals surface area contributed by atoms with Gasteiger partial charge in [0.25, 0.3) is 10.2 Å². The van der Waals surface area contributed by atoms with Gasteiger partial charge >= 0.3 is 0 Å². The highest BCUT2D eigenvalue weighted by molar-refractivity contribution is 7.87. The Balaban J connectivity index is 1.53. The Morgan fingerprint density at radius 3 is 2.57 bits per heavy atom. The number of benzene rings is 1. The van der Waals surface area contributed by atoms with Crippen molar-refractivity contribution < 1.29 is 13.2 Å². The van der Waals surface area contributed by atoms with Crippen molar-refractivity contribution >= 4 is 10.2 Å². The summed E-state index contributed by atoms with van der Waals surface area (Å²) in [6.45, 7) is 8.07. The van der Waals surface area contributed by atoms with Crippen LogP contribution in [0.5, 0.6) is 0 Å². The molecule has 170 valence electrons. The van der Waals surface area contributed by atoms with Crippen LogP contribution in [0.15, 0.2) is 43.0 Å². The van der Waals surface area contributed by atoms with Crippen molar-refractivity contribution in [1.29, 1.82) is 0 Å². The predicted octanol–water partition coefficient (Wildman–Crippen LogP) is 3.22. The van der Waals surface area contributed by atoms with Crippen molar-refractivity contribution in [2.75, 3.05) is 46.4 Å². The van der Waals surface area contributed by atoms with E-state index in [1.807, 2.05) is 36.4 Å². The second-order valence-corrected chi connectivity index (χ2v) is 9.82. The molecular formula is C23H39N3O3S. The predicted molar refractivity (Wildman–Crippen MR) is 124 cm³/mol. The Kier molecular flexibility index (Phi) is 11.6. The van der Waals surface area contributed by atoms with Gasteiger partial charge in [-0.05, 0) is 51.3 Å². The maximum Gasteiger partial charge on any atom is 0.279 e. The number of piperidine rings is 1. The lowest BCUT2D eigenvalue weighted by Gasteiger charge is -2.31. The fourth-order valence-electron chi connectivity index (χ4n) is 3.70. The molecule has 0 amide bonds. The van der Waals surface area contributed by atoms with E-state index in [2.05, 4.69) is 23.2 Å². The molecule has 0 bridgehead atoms. The molecule has 0 saturated carbocycles. The number of rotatable bonds is 15. The molecule has 0 unspecified atom stereocenters. The molecule has 2 rings (SSSR count). The Labute approximate surface area is 183 Å². The first-order valence-corrected chi connectivity index (χ1v) is 12.6. The number of unbranched alkanes of at least 4 members (excludes halogenated alkanes) is 3. The van der Waals surface area contributed by atoms with Crippen LogP contribution in [0.2, 0.25) is 0 Å². The van der Waals surface area contributed by atoms with E-state index in [4.69, 9.17) is 4.74 Å². The number of nitrogens with zero attached hydrogens (tertiary/aromatic N) is 2. The lowest BCUT2D eigenvalue weighted by molar-refractivity contribution is 0.0190. The normalized spacial score (nSPS) is 16.2. The van der Waals surface area contributed by atoms with E-state index in [1.54, 1.807) is 4.31 Å². The fourth-order valence-corrected chi connectivity index (χ4v) is 4.93. The van der Waals surface area contributed by atoms with E-state index in [0.29, 0.717) is 26.1 Å². The number of hydrogen-bond acceptors (Lipinski definition) is 4. The third-order valence-corrected chi connectivity index (χ3v) is 7.12. The van der Waals surface area contributed by atoms with Crippen LogP contribution in [0.3, 0.4) is 0 Å². The maximum absolute atomic E-state index is 12.5. The monoisotopic (exact) mass is 437 g/mol. The minimum atomic E-state index is -3.41. The van der Waals surface area contributed by atoms with Crippen LogP contribution in [0.1, 0.15) is 44.1 Å². The third-order valence-electron chi connectivity index (χ3n) is 5.51. The van der Waals surface area contributed by atoms with Crippen molar-refractivity contribution in [3.8, 4) is 0 Å². The summed E-state index contributed by atoms with van der Waals surface area (Å²) in [7, 11) is -1.28.